The van der Waals surface area contributed by atoms with Crippen molar-refractivity contribution < 1.29 is 0 Å². The smallest absolute Gasteiger partial charge is 0.160 e. The van der Waals surface area contributed by atoms with Crippen LogP contribution in [0.2, 0.25) is 0 Å². The number of hydrogen-bond donors (Lipinski definition) is 1. The average Bonchev–Trinajstić information content (AvgIpc) is 2.74. The molecular weight excluding hydrogens is 188 g/mol. The summed E-state index contributed by atoms with van der Waals surface area (Å²) in [7, 11) is 0. The molecular formula is C11H14N4. The van der Waals surface area contributed by atoms with E-state index in [4.69, 9.17) is 0 Å². The molecule has 0 aromatic carbocycles. The van der Waals surface area contributed by atoms with Gasteiger partial charge in [-0.25, -0.2) is 0 Å². The van der Waals surface area contributed by atoms with Crippen molar-refractivity contribution in [1.29, 1.82) is 0 Å². The average molecular weight is 202 g/mol. The number of nitrogens with zero attached hydrogens (tertiary/aromatic N) is 3. The van der Waals surface area contributed by atoms with Gasteiger partial charge in [-0.05, 0) is 31.5 Å². The highest BCUT2D eigenvalue weighted by Gasteiger charge is 2.19. The van der Waals surface area contributed by atoms with E-state index in [1.54, 1.807) is 0 Å². The lowest BCUT2D eigenvalue weighted by Crippen LogP contribution is -2.29. The normalized spacial score (nSPS) is 22.0. The van der Waals surface area contributed by atoms with Crippen LogP contribution < -0.4 is 5.32 Å². The van der Waals surface area contributed by atoms with Crippen LogP contribution in [0.1, 0.15) is 24.6 Å². The Morgan fingerprint density at radius 3 is 3.20 bits per heavy atom. The van der Waals surface area contributed by atoms with Crippen LogP contribution in [0, 0.1) is 0 Å². The quantitative estimate of drug-likeness (QED) is 0.755. The second-order valence-electron chi connectivity index (χ2n) is 4.03. The Balaban J connectivity index is 2.02. The number of nitrogens with one attached hydrogen (secondary N) is 1. The molecule has 0 unspecified atom stereocenters. The first kappa shape index (κ1) is 8.85. The van der Waals surface area contributed by atoms with Crippen molar-refractivity contribution in [3.05, 3.63) is 30.2 Å². The molecule has 4 nitrogen and oxygen atoms in total. The lowest BCUT2D eigenvalue weighted by Gasteiger charge is -2.20. The summed E-state index contributed by atoms with van der Waals surface area (Å²) in [6.07, 6.45) is 4.48. The van der Waals surface area contributed by atoms with Gasteiger partial charge in [0, 0.05) is 18.7 Å². The van der Waals surface area contributed by atoms with Gasteiger partial charge in [-0.1, -0.05) is 6.07 Å². The van der Waals surface area contributed by atoms with Gasteiger partial charge in [-0.2, -0.15) is 0 Å². The maximum absolute atomic E-state index is 4.29. The maximum Gasteiger partial charge on any atom is 0.160 e. The van der Waals surface area contributed by atoms with Crippen molar-refractivity contribution >= 4 is 5.65 Å². The second kappa shape index (κ2) is 3.62. The molecule has 15 heavy (non-hydrogen) atoms. The molecule has 0 amide bonds. The summed E-state index contributed by atoms with van der Waals surface area (Å²) in [6, 6.07) is 6.01. The van der Waals surface area contributed by atoms with Gasteiger partial charge in [0.15, 0.2) is 5.65 Å². The number of hydrogen-bond acceptors (Lipinski definition) is 3. The molecule has 0 radical (unpaired) electrons. The fourth-order valence-corrected chi connectivity index (χ4v) is 2.21. The third-order valence-corrected chi connectivity index (χ3v) is 3.00. The zero-order valence-corrected chi connectivity index (χ0v) is 8.56. The van der Waals surface area contributed by atoms with E-state index in [9.17, 15) is 0 Å². The van der Waals surface area contributed by atoms with Gasteiger partial charge in [0.05, 0.1) is 0 Å². The van der Waals surface area contributed by atoms with Gasteiger partial charge in [-0.3, -0.25) is 4.40 Å². The van der Waals surface area contributed by atoms with Crippen molar-refractivity contribution in [2.24, 2.45) is 0 Å². The fraction of sp³-hybridized carbons (Fsp3) is 0.455. The van der Waals surface area contributed by atoms with Crippen molar-refractivity contribution in [3.8, 4) is 0 Å². The van der Waals surface area contributed by atoms with Gasteiger partial charge in [0.1, 0.15) is 5.82 Å². The summed E-state index contributed by atoms with van der Waals surface area (Å²) < 4.78 is 2.09. The molecule has 3 heterocycles. The molecule has 3 rings (SSSR count). The van der Waals surface area contributed by atoms with Crippen molar-refractivity contribution in [2.45, 2.75) is 18.8 Å². The third kappa shape index (κ3) is 1.51. The highest BCUT2D eigenvalue weighted by atomic mass is 15.2. The van der Waals surface area contributed by atoms with Gasteiger partial charge in [0.2, 0.25) is 0 Å². The van der Waals surface area contributed by atoms with Crippen LogP contribution in [-0.2, 0) is 0 Å². The predicted molar refractivity (Wildman–Crippen MR) is 57.8 cm³/mol. The number of fused-ring (bicyclic) bond motifs is 1. The van der Waals surface area contributed by atoms with Crippen molar-refractivity contribution in [3.63, 3.8) is 0 Å². The maximum atomic E-state index is 4.29. The van der Waals surface area contributed by atoms with Crippen molar-refractivity contribution in [1.82, 2.24) is 19.9 Å². The Hall–Kier alpha value is -1.42. The number of aromatic nitrogens is 3. The van der Waals surface area contributed by atoms with Crippen LogP contribution in [0.5, 0.6) is 0 Å². The molecule has 2 aromatic rings. The zero-order valence-electron chi connectivity index (χ0n) is 8.56. The van der Waals surface area contributed by atoms with Crippen LogP contribution >= 0.6 is 0 Å². The highest BCUT2D eigenvalue weighted by Crippen LogP contribution is 2.21. The first-order chi connectivity index (χ1) is 7.45. The number of rotatable bonds is 1. The first-order valence-electron chi connectivity index (χ1n) is 5.45. The van der Waals surface area contributed by atoms with Gasteiger partial charge < -0.3 is 5.32 Å². The molecule has 1 aliphatic heterocycles. The lowest BCUT2D eigenvalue weighted by molar-refractivity contribution is 0.444. The Morgan fingerprint density at radius 1 is 1.33 bits per heavy atom. The Kier molecular flexibility index (Phi) is 2.14. The molecule has 1 fully saturated rings. The molecule has 1 N–H and O–H groups in total. The summed E-state index contributed by atoms with van der Waals surface area (Å²) in [5.41, 5.74) is 0.943. The van der Waals surface area contributed by atoms with E-state index < -0.39 is 0 Å². The van der Waals surface area contributed by atoms with Gasteiger partial charge in [0.25, 0.3) is 0 Å². The minimum absolute atomic E-state index is 0.510. The second-order valence-corrected chi connectivity index (χ2v) is 4.03. The fourth-order valence-electron chi connectivity index (χ4n) is 2.21. The SMILES string of the molecule is c1ccn2c([C@H]3CCCNC3)nnc2c1. The van der Waals surface area contributed by atoms with Crippen LogP contribution in [-0.4, -0.2) is 27.7 Å². The molecule has 2 aromatic heterocycles. The Labute approximate surface area is 88.3 Å². The van der Waals surface area contributed by atoms with E-state index in [2.05, 4.69) is 19.9 Å². The molecule has 1 atom stereocenters. The highest BCUT2D eigenvalue weighted by molar-refractivity contribution is 5.37. The monoisotopic (exact) mass is 202 g/mol. The largest absolute Gasteiger partial charge is 0.316 e. The predicted octanol–water partition coefficient (Wildman–Crippen LogP) is 1.20. The van der Waals surface area contributed by atoms with Gasteiger partial charge >= 0.3 is 0 Å². The molecule has 1 aliphatic rings. The van der Waals surface area contributed by atoms with Gasteiger partial charge in [-0.15, -0.1) is 10.2 Å². The van der Waals surface area contributed by atoms with E-state index in [1.165, 1.54) is 12.8 Å². The topological polar surface area (TPSA) is 42.2 Å². The summed E-state index contributed by atoms with van der Waals surface area (Å²) in [5, 5.41) is 11.9. The molecule has 0 spiro atoms. The van der Waals surface area contributed by atoms with E-state index >= 15 is 0 Å². The van der Waals surface area contributed by atoms with Crippen LogP contribution in [0.25, 0.3) is 5.65 Å². The van der Waals surface area contributed by atoms with Crippen LogP contribution in [0.3, 0.4) is 0 Å². The summed E-state index contributed by atoms with van der Waals surface area (Å²) in [5.74, 6) is 1.61. The molecule has 4 heteroatoms. The van der Waals surface area contributed by atoms with E-state index in [0.29, 0.717) is 5.92 Å². The summed E-state index contributed by atoms with van der Waals surface area (Å²) in [6.45, 7) is 2.16. The Morgan fingerprint density at radius 2 is 2.33 bits per heavy atom. The first-order valence-corrected chi connectivity index (χ1v) is 5.45. The summed E-state index contributed by atoms with van der Waals surface area (Å²) in [4.78, 5) is 0. The summed E-state index contributed by atoms with van der Waals surface area (Å²) >= 11 is 0. The molecule has 78 valence electrons. The Bertz CT molecular complexity index is 456. The number of piperidine rings is 1. The molecule has 0 bridgehead atoms. The van der Waals surface area contributed by atoms with Crippen LogP contribution in [0.4, 0.5) is 0 Å². The van der Waals surface area contributed by atoms with Crippen LogP contribution in [0.15, 0.2) is 24.4 Å². The van der Waals surface area contributed by atoms with E-state index in [-0.39, 0.29) is 0 Å². The third-order valence-electron chi connectivity index (χ3n) is 3.00. The molecule has 1 saturated heterocycles. The standard InChI is InChI=1S/C11H14N4/c1-2-7-15-10(5-1)13-14-11(15)9-4-3-6-12-8-9/h1-2,5,7,9,12H,3-4,6,8H2/t9-/m0/s1. The van der Waals surface area contributed by atoms with E-state index in [1.807, 2.05) is 24.4 Å². The molecule has 0 aliphatic carbocycles. The molecule has 0 saturated carbocycles. The van der Waals surface area contributed by atoms with Crippen molar-refractivity contribution in [2.75, 3.05) is 13.1 Å². The van der Waals surface area contributed by atoms with E-state index in [0.717, 1.165) is 24.6 Å². The zero-order chi connectivity index (χ0) is 10.1. The lowest BCUT2D eigenvalue weighted by atomic mass is 9.99. The minimum atomic E-state index is 0.510. The number of pyridine rings is 1. The minimum Gasteiger partial charge on any atom is -0.316 e.